The van der Waals surface area contributed by atoms with Crippen molar-refractivity contribution >= 4 is 17.6 Å². The van der Waals surface area contributed by atoms with Gasteiger partial charge in [-0.25, -0.2) is 0 Å². The van der Waals surface area contributed by atoms with Gasteiger partial charge >= 0.3 is 0 Å². The third-order valence-corrected chi connectivity index (χ3v) is 3.28. The predicted octanol–water partition coefficient (Wildman–Crippen LogP) is 2.16. The summed E-state index contributed by atoms with van der Waals surface area (Å²) in [7, 11) is 0. The third kappa shape index (κ3) is 5.14. The molecule has 5 heteroatoms. The summed E-state index contributed by atoms with van der Waals surface area (Å²) in [6.07, 6.45) is 0.863. The van der Waals surface area contributed by atoms with Crippen LogP contribution >= 0.6 is 0 Å². The van der Waals surface area contributed by atoms with Gasteiger partial charge in [-0.1, -0.05) is 30.3 Å². The largest absolute Gasteiger partial charge is 0.545 e. The summed E-state index contributed by atoms with van der Waals surface area (Å²) >= 11 is 0. The second-order valence-corrected chi connectivity index (χ2v) is 5.13. The van der Waals surface area contributed by atoms with Crippen molar-refractivity contribution in [3.05, 3.63) is 59.7 Å². The average Bonchev–Trinajstić information content (AvgIpc) is 2.53. The maximum atomic E-state index is 11.8. The number of carbonyl (C=O) groups is 2. The van der Waals surface area contributed by atoms with E-state index < -0.39 is 5.97 Å². The molecular weight excluding hydrogens is 294 g/mol. The summed E-state index contributed by atoms with van der Waals surface area (Å²) in [5.41, 5.74) is 1.53. The van der Waals surface area contributed by atoms with Crippen molar-refractivity contribution in [2.75, 3.05) is 11.9 Å². The predicted molar refractivity (Wildman–Crippen MR) is 85.3 cm³/mol. The molecule has 0 spiro atoms. The van der Waals surface area contributed by atoms with Gasteiger partial charge in [0.1, 0.15) is 5.75 Å². The molecule has 0 saturated heterocycles. The summed E-state index contributed by atoms with van der Waals surface area (Å²) in [5, 5.41) is 13.4. The molecule has 0 saturated carbocycles. The van der Waals surface area contributed by atoms with E-state index in [1.165, 1.54) is 12.1 Å². The van der Waals surface area contributed by atoms with E-state index in [0.717, 1.165) is 11.3 Å². The standard InChI is InChI=1S/C18H19NO4/c1-13-6-2-3-9-16(13)23-11-5-10-17(20)19-15-8-4-7-14(12-15)18(21)22/h2-4,6-9,12H,5,10-11H2,1H3,(H,19,20)(H,21,22)/p-1. The minimum absolute atomic E-state index is 0.0330. The summed E-state index contributed by atoms with van der Waals surface area (Å²) < 4.78 is 5.62. The van der Waals surface area contributed by atoms with Crippen LogP contribution in [-0.2, 0) is 4.79 Å². The Morgan fingerprint density at radius 2 is 1.91 bits per heavy atom. The molecule has 0 radical (unpaired) electrons. The number of carboxylic acid groups (broad SMARTS) is 1. The number of rotatable bonds is 7. The highest BCUT2D eigenvalue weighted by Crippen LogP contribution is 2.16. The molecule has 0 unspecified atom stereocenters. The molecule has 2 rings (SSSR count). The number of hydrogen-bond donors (Lipinski definition) is 1. The van der Waals surface area contributed by atoms with Crippen molar-refractivity contribution in [2.45, 2.75) is 19.8 Å². The monoisotopic (exact) mass is 312 g/mol. The van der Waals surface area contributed by atoms with Crippen molar-refractivity contribution in [3.8, 4) is 5.75 Å². The highest BCUT2D eigenvalue weighted by molar-refractivity contribution is 5.93. The lowest BCUT2D eigenvalue weighted by molar-refractivity contribution is -0.255. The molecular formula is C18H18NO4-. The van der Waals surface area contributed by atoms with Gasteiger partial charge in [0, 0.05) is 12.1 Å². The fourth-order valence-corrected chi connectivity index (χ4v) is 2.08. The molecule has 2 aromatic carbocycles. The number of benzene rings is 2. The molecule has 1 N–H and O–H groups in total. The van der Waals surface area contributed by atoms with Crippen molar-refractivity contribution in [1.82, 2.24) is 0 Å². The molecule has 0 heterocycles. The zero-order valence-electron chi connectivity index (χ0n) is 12.9. The molecule has 23 heavy (non-hydrogen) atoms. The van der Waals surface area contributed by atoms with E-state index in [1.807, 2.05) is 31.2 Å². The van der Waals surface area contributed by atoms with Gasteiger partial charge in [0.15, 0.2) is 0 Å². The lowest BCUT2D eigenvalue weighted by Crippen LogP contribution is -2.22. The fraction of sp³-hybridized carbons (Fsp3) is 0.222. The Balaban J connectivity index is 1.76. The van der Waals surface area contributed by atoms with Crippen LogP contribution in [0.25, 0.3) is 0 Å². The molecule has 0 atom stereocenters. The number of aryl methyl sites for hydroxylation is 1. The minimum atomic E-state index is -1.27. The van der Waals surface area contributed by atoms with Gasteiger partial charge < -0.3 is 20.0 Å². The van der Waals surface area contributed by atoms with Crippen molar-refractivity contribution < 1.29 is 19.4 Å². The number of hydrogen-bond acceptors (Lipinski definition) is 4. The molecule has 5 nitrogen and oxygen atoms in total. The van der Waals surface area contributed by atoms with Gasteiger partial charge in [0.05, 0.1) is 12.6 Å². The van der Waals surface area contributed by atoms with E-state index in [2.05, 4.69) is 5.32 Å². The highest BCUT2D eigenvalue weighted by atomic mass is 16.5. The van der Waals surface area contributed by atoms with Gasteiger partial charge in [-0.2, -0.15) is 0 Å². The van der Waals surface area contributed by atoms with E-state index >= 15 is 0 Å². The van der Waals surface area contributed by atoms with Crippen LogP contribution in [0.3, 0.4) is 0 Å². The number of aromatic carboxylic acids is 1. The quantitative estimate of drug-likeness (QED) is 0.795. The number of ether oxygens (including phenoxy) is 1. The topological polar surface area (TPSA) is 78.5 Å². The third-order valence-electron chi connectivity index (χ3n) is 3.28. The number of anilines is 1. The van der Waals surface area contributed by atoms with Gasteiger partial charge in [0.25, 0.3) is 0 Å². The second-order valence-electron chi connectivity index (χ2n) is 5.13. The summed E-state index contributed by atoms with van der Waals surface area (Å²) in [6.45, 7) is 2.41. The molecule has 0 aliphatic heterocycles. The number of carbonyl (C=O) groups excluding carboxylic acids is 2. The first-order valence-electron chi connectivity index (χ1n) is 7.36. The van der Waals surface area contributed by atoms with Crippen LogP contribution in [0.4, 0.5) is 5.69 Å². The van der Waals surface area contributed by atoms with Gasteiger partial charge in [0.2, 0.25) is 5.91 Å². The second kappa shape index (κ2) is 7.98. The van der Waals surface area contributed by atoms with E-state index in [-0.39, 0.29) is 11.5 Å². The maximum Gasteiger partial charge on any atom is 0.224 e. The Hall–Kier alpha value is -2.82. The summed E-state index contributed by atoms with van der Waals surface area (Å²) in [5.74, 6) is -0.642. The molecule has 0 fully saturated rings. The van der Waals surface area contributed by atoms with E-state index in [1.54, 1.807) is 12.1 Å². The van der Waals surface area contributed by atoms with Gasteiger partial charge in [-0.15, -0.1) is 0 Å². The average molecular weight is 312 g/mol. The molecule has 0 aliphatic carbocycles. The Bertz CT molecular complexity index is 697. The van der Waals surface area contributed by atoms with Crippen LogP contribution in [0.2, 0.25) is 0 Å². The molecule has 120 valence electrons. The first kappa shape index (κ1) is 16.5. The van der Waals surface area contributed by atoms with Crippen LogP contribution in [0.1, 0.15) is 28.8 Å². The first-order chi connectivity index (χ1) is 11.1. The lowest BCUT2D eigenvalue weighted by atomic mass is 10.2. The van der Waals surface area contributed by atoms with Gasteiger partial charge in [-0.3, -0.25) is 4.79 Å². The molecule has 2 aromatic rings. The van der Waals surface area contributed by atoms with Crippen LogP contribution in [0.15, 0.2) is 48.5 Å². The van der Waals surface area contributed by atoms with E-state index in [0.29, 0.717) is 25.1 Å². The van der Waals surface area contributed by atoms with Crippen molar-refractivity contribution in [2.24, 2.45) is 0 Å². The SMILES string of the molecule is Cc1ccccc1OCCCC(=O)Nc1cccc(C(=O)[O-])c1. The molecule has 0 aromatic heterocycles. The van der Waals surface area contributed by atoms with Crippen LogP contribution < -0.4 is 15.2 Å². The van der Waals surface area contributed by atoms with Crippen molar-refractivity contribution in [1.29, 1.82) is 0 Å². The summed E-state index contributed by atoms with van der Waals surface area (Å²) in [4.78, 5) is 22.6. The number of nitrogens with one attached hydrogen (secondary N) is 1. The Labute approximate surface area is 134 Å². The molecule has 0 bridgehead atoms. The zero-order valence-corrected chi connectivity index (χ0v) is 12.9. The number of amides is 1. The Kier molecular flexibility index (Phi) is 5.74. The van der Waals surface area contributed by atoms with E-state index in [9.17, 15) is 14.7 Å². The first-order valence-corrected chi connectivity index (χ1v) is 7.36. The smallest absolute Gasteiger partial charge is 0.224 e. The molecule has 0 aliphatic rings. The number of para-hydroxylation sites is 1. The van der Waals surface area contributed by atoms with E-state index in [4.69, 9.17) is 4.74 Å². The normalized spacial score (nSPS) is 10.1. The van der Waals surface area contributed by atoms with Crippen LogP contribution in [0.5, 0.6) is 5.75 Å². The summed E-state index contributed by atoms with van der Waals surface area (Å²) in [6, 6.07) is 13.7. The highest BCUT2D eigenvalue weighted by Gasteiger charge is 2.04. The van der Waals surface area contributed by atoms with Crippen molar-refractivity contribution in [3.63, 3.8) is 0 Å². The van der Waals surface area contributed by atoms with Crippen LogP contribution in [-0.4, -0.2) is 18.5 Å². The lowest BCUT2D eigenvalue weighted by Gasteiger charge is -2.10. The Morgan fingerprint density at radius 1 is 1.13 bits per heavy atom. The zero-order chi connectivity index (χ0) is 16.7. The molecule has 1 amide bonds. The maximum absolute atomic E-state index is 11.8. The van der Waals surface area contributed by atoms with Gasteiger partial charge in [-0.05, 0) is 42.7 Å². The minimum Gasteiger partial charge on any atom is -0.545 e. The number of carboxylic acids is 1. The Morgan fingerprint density at radius 3 is 2.65 bits per heavy atom. The van der Waals surface area contributed by atoms with Crippen LogP contribution in [0, 0.1) is 6.92 Å². The fourth-order valence-electron chi connectivity index (χ4n) is 2.08.